The number of amides is 1. The number of hydrogen-bond acceptors (Lipinski definition) is 3. The van der Waals surface area contributed by atoms with Crippen LogP contribution in [0.1, 0.15) is 30.5 Å². The number of aromatic hydroxyl groups is 1. The summed E-state index contributed by atoms with van der Waals surface area (Å²) < 4.78 is 0. The van der Waals surface area contributed by atoms with Crippen molar-refractivity contribution < 1.29 is 9.90 Å². The van der Waals surface area contributed by atoms with E-state index in [1.165, 1.54) is 0 Å². The minimum absolute atomic E-state index is 0.0180. The minimum Gasteiger partial charge on any atom is -0.508 e. The van der Waals surface area contributed by atoms with Crippen molar-refractivity contribution in [3.05, 3.63) is 59.9 Å². The monoisotopic (exact) mass is 284 g/mol. The summed E-state index contributed by atoms with van der Waals surface area (Å²) in [6.45, 7) is 1.98. The summed E-state index contributed by atoms with van der Waals surface area (Å²) in [5.41, 5.74) is 2.12. The SMILES string of the molecule is CC(c1ccc(O)cc1)N(C)C(=O)CCc1ccncc1. The summed E-state index contributed by atoms with van der Waals surface area (Å²) in [6.07, 6.45) is 4.67. The Morgan fingerprint density at radius 2 is 1.81 bits per heavy atom. The quantitative estimate of drug-likeness (QED) is 0.918. The molecule has 110 valence electrons. The lowest BCUT2D eigenvalue weighted by molar-refractivity contribution is -0.131. The minimum atomic E-state index is -0.0180. The molecule has 4 heteroatoms. The number of rotatable bonds is 5. The van der Waals surface area contributed by atoms with Crippen LogP contribution in [-0.2, 0) is 11.2 Å². The summed E-state index contributed by atoms with van der Waals surface area (Å²) in [6, 6.07) is 10.8. The zero-order valence-electron chi connectivity index (χ0n) is 12.4. The lowest BCUT2D eigenvalue weighted by Gasteiger charge is -2.25. The predicted octanol–water partition coefficient (Wildman–Crippen LogP) is 2.94. The van der Waals surface area contributed by atoms with E-state index < -0.39 is 0 Å². The lowest BCUT2D eigenvalue weighted by Crippen LogP contribution is -2.29. The highest BCUT2D eigenvalue weighted by molar-refractivity contribution is 5.76. The number of aryl methyl sites for hydroxylation is 1. The average molecular weight is 284 g/mol. The van der Waals surface area contributed by atoms with Gasteiger partial charge in [-0.3, -0.25) is 9.78 Å². The fourth-order valence-corrected chi connectivity index (χ4v) is 2.17. The Morgan fingerprint density at radius 3 is 2.43 bits per heavy atom. The Kier molecular flexibility index (Phi) is 4.93. The molecule has 0 spiro atoms. The van der Waals surface area contributed by atoms with Crippen molar-refractivity contribution in [2.45, 2.75) is 25.8 Å². The molecule has 1 atom stereocenters. The highest BCUT2D eigenvalue weighted by atomic mass is 16.3. The summed E-state index contributed by atoms with van der Waals surface area (Å²) in [5, 5.41) is 9.31. The molecule has 0 fully saturated rings. The normalized spacial score (nSPS) is 11.9. The number of phenols is 1. The molecule has 1 aromatic carbocycles. The van der Waals surface area contributed by atoms with Crippen LogP contribution >= 0.6 is 0 Å². The molecule has 2 rings (SSSR count). The van der Waals surface area contributed by atoms with Gasteiger partial charge in [-0.25, -0.2) is 0 Å². The molecule has 0 aliphatic carbocycles. The van der Waals surface area contributed by atoms with Gasteiger partial charge in [-0.15, -0.1) is 0 Å². The molecule has 1 amide bonds. The van der Waals surface area contributed by atoms with Crippen molar-refractivity contribution in [1.29, 1.82) is 0 Å². The number of carbonyl (C=O) groups is 1. The molecular formula is C17H20N2O2. The maximum absolute atomic E-state index is 12.3. The van der Waals surface area contributed by atoms with Crippen molar-refractivity contribution in [1.82, 2.24) is 9.88 Å². The van der Waals surface area contributed by atoms with Gasteiger partial charge in [0.15, 0.2) is 0 Å². The Hall–Kier alpha value is -2.36. The van der Waals surface area contributed by atoms with Crippen molar-refractivity contribution >= 4 is 5.91 Å². The molecule has 0 saturated heterocycles. The molecule has 0 saturated carbocycles. The molecule has 0 radical (unpaired) electrons. The van der Waals surface area contributed by atoms with Gasteiger partial charge in [0.1, 0.15) is 5.75 Å². The van der Waals surface area contributed by atoms with E-state index in [0.29, 0.717) is 12.8 Å². The van der Waals surface area contributed by atoms with Gasteiger partial charge in [0, 0.05) is 25.9 Å². The van der Waals surface area contributed by atoms with Crippen LogP contribution < -0.4 is 0 Å². The van der Waals surface area contributed by atoms with Gasteiger partial charge in [0.25, 0.3) is 0 Å². The van der Waals surface area contributed by atoms with Crippen LogP contribution in [0.4, 0.5) is 0 Å². The Morgan fingerprint density at radius 1 is 1.19 bits per heavy atom. The molecule has 1 heterocycles. The summed E-state index contributed by atoms with van der Waals surface area (Å²) in [4.78, 5) is 18.0. The Balaban J connectivity index is 1.94. The van der Waals surface area contributed by atoms with Crippen molar-refractivity contribution in [2.75, 3.05) is 7.05 Å². The van der Waals surface area contributed by atoms with Crippen molar-refractivity contribution in [2.24, 2.45) is 0 Å². The first-order valence-corrected chi connectivity index (χ1v) is 7.01. The van der Waals surface area contributed by atoms with Crippen LogP contribution in [-0.4, -0.2) is 27.9 Å². The molecule has 1 N–H and O–H groups in total. The van der Waals surface area contributed by atoms with Gasteiger partial charge in [0.2, 0.25) is 5.91 Å². The van der Waals surface area contributed by atoms with E-state index in [1.807, 2.05) is 38.2 Å². The standard InChI is InChI=1S/C17H20N2O2/c1-13(15-4-6-16(20)7-5-15)19(2)17(21)8-3-14-9-11-18-12-10-14/h4-7,9-13,20H,3,8H2,1-2H3. The van der Waals surface area contributed by atoms with E-state index in [2.05, 4.69) is 4.98 Å². The van der Waals surface area contributed by atoms with Gasteiger partial charge in [-0.1, -0.05) is 12.1 Å². The third-order valence-corrected chi connectivity index (χ3v) is 3.73. The predicted molar refractivity (Wildman–Crippen MR) is 81.8 cm³/mol. The van der Waals surface area contributed by atoms with Gasteiger partial charge < -0.3 is 10.0 Å². The maximum atomic E-state index is 12.3. The zero-order chi connectivity index (χ0) is 15.2. The maximum Gasteiger partial charge on any atom is 0.223 e. The molecule has 4 nitrogen and oxygen atoms in total. The molecule has 0 aliphatic rings. The summed E-state index contributed by atoms with van der Waals surface area (Å²) in [5.74, 6) is 0.338. The molecule has 1 aromatic heterocycles. The van der Waals surface area contributed by atoms with Gasteiger partial charge in [-0.2, -0.15) is 0 Å². The molecule has 21 heavy (non-hydrogen) atoms. The van der Waals surface area contributed by atoms with Crippen molar-refractivity contribution in [3.63, 3.8) is 0 Å². The Labute approximate surface area is 125 Å². The van der Waals surface area contributed by atoms with Crippen molar-refractivity contribution in [3.8, 4) is 5.75 Å². The second kappa shape index (κ2) is 6.88. The number of aromatic nitrogens is 1. The van der Waals surface area contributed by atoms with Crippen LogP contribution in [0.25, 0.3) is 0 Å². The highest BCUT2D eigenvalue weighted by Gasteiger charge is 2.17. The fraction of sp³-hybridized carbons (Fsp3) is 0.294. The van der Waals surface area contributed by atoms with Crippen LogP contribution in [0.15, 0.2) is 48.8 Å². The first kappa shape index (κ1) is 15.0. The second-order valence-electron chi connectivity index (χ2n) is 5.13. The van der Waals surface area contributed by atoms with E-state index in [0.717, 1.165) is 11.1 Å². The van der Waals surface area contributed by atoms with Crippen LogP contribution in [0.3, 0.4) is 0 Å². The summed E-state index contributed by atoms with van der Waals surface area (Å²) in [7, 11) is 1.81. The number of hydrogen-bond donors (Lipinski definition) is 1. The second-order valence-corrected chi connectivity index (χ2v) is 5.13. The number of pyridine rings is 1. The molecule has 1 unspecified atom stereocenters. The number of benzene rings is 1. The average Bonchev–Trinajstić information content (AvgIpc) is 2.53. The van der Waals surface area contributed by atoms with Gasteiger partial charge in [-0.05, 0) is 48.7 Å². The van der Waals surface area contributed by atoms with E-state index >= 15 is 0 Å². The zero-order valence-corrected chi connectivity index (χ0v) is 12.4. The van der Waals surface area contributed by atoms with Crippen LogP contribution in [0.2, 0.25) is 0 Å². The van der Waals surface area contributed by atoms with E-state index in [9.17, 15) is 9.90 Å². The molecule has 2 aromatic rings. The largest absolute Gasteiger partial charge is 0.508 e. The van der Waals surface area contributed by atoms with E-state index in [4.69, 9.17) is 0 Å². The first-order valence-electron chi connectivity index (χ1n) is 7.01. The van der Waals surface area contributed by atoms with Crippen LogP contribution in [0.5, 0.6) is 5.75 Å². The molecule has 0 aliphatic heterocycles. The lowest BCUT2D eigenvalue weighted by atomic mass is 10.1. The third kappa shape index (κ3) is 4.05. The summed E-state index contributed by atoms with van der Waals surface area (Å²) >= 11 is 0. The number of phenolic OH excluding ortho intramolecular Hbond substituents is 1. The van der Waals surface area contributed by atoms with E-state index in [-0.39, 0.29) is 17.7 Å². The van der Waals surface area contributed by atoms with Gasteiger partial charge in [0.05, 0.1) is 6.04 Å². The molecular weight excluding hydrogens is 264 g/mol. The number of nitrogens with zero attached hydrogens (tertiary/aromatic N) is 2. The first-order chi connectivity index (χ1) is 10.1. The smallest absolute Gasteiger partial charge is 0.223 e. The van der Waals surface area contributed by atoms with E-state index in [1.54, 1.807) is 29.4 Å². The third-order valence-electron chi connectivity index (χ3n) is 3.73. The van der Waals surface area contributed by atoms with Crippen LogP contribution in [0, 0.1) is 0 Å². The molecule has 0 bridgehead atoms. The topological polar surface area (TPSA) is 53.4 Å². The highest BCUT2D eigenvalue weighted by Crippen LogP contribution is 2.21. The van der Waals surface area contributed by atoms with Gasteiger partial charge >= 0.3 is 0 Å². The number of carbonyl (C=O) groups excluding carboxylic acids is 1. The fourth-order valence-electron chi connectivity index (χ4n) is 2.17. The Bertz CT molecular complexity index is 581.